The zero-order chi connectivity index (χ0) is 15.9. The molecule has 0 radical (unpaired) electrons. The number of anilines is 1. The van der Waals surface area contributed by atoms with Crippen molar-refractivity contribution in [2.45, 2.75) is 11.4 Å². The van der Waals surface area contributed by atoms with Gasteiger partial charge in [-0.05, 0) is 36.1 Å². The van der Waals surface area contributed by atoms with Crippen molar-refractivity contribution in [1.29, 1.82) is 0 Å². The Balaban J connectivity index is 2.07. The van der Waals surface area contributed by atoms with Gasteiger partial charge in [-0.3, -0.25) is 9.59 Å². The summed E-state index contributed by atoms with van der Waals surface area (Å²) in [7, 11) is 1.61. The molecule has 0 fully saturated rings. The Morgan fingerprint density at radius 3 is 2.55 bits per heavy atom. The second-order valence-electron chi connectivity index (χ2n) is 4.56. The molecule has 2 amide bonds. The molecule has 6 heteroatoms. The lowest BCUT2D eigenvalue weighted by molar-refractivity contribution is -0.119. The number of pyridine rings is 1. The van der Waals surface area contributed by atoms with Crippen molar-refractivity contribution in [2.24, 2.45) is 0 Å². The van der Waals surface area contributed by atoms with E-state index in [2.05, 4.69) is 15.6 Å². The van der Waals surface area contributed by atoms with Crippen molar-refractivity contribution in [1.82, 2.24) is 10.3 Å². The molecule has 114 valence electrons. The topological polar surface area (TPSA) is 71.1 Å². The molecule has 0 saturated heterocycles. The number of amides is 2. The first kappa shape index (κ1) is 16.0. The van der Waals surface area contributed by atoms with Crippen molar-refractivity contribution in [3.63, 3.8) is 0 Å². The van der Waals surface area contributed by atoms with Crippen LogP contribution in [0.5, 0.6) is 0 Å². The number of hydrogen-bond acceptors (Lipinski definition) is 4. The van der Waals surface area contributed by atoms with E-state index in [0.29, 0.717) is 22.7 Å². The van der Waals surface area contributed by atoms with Gasteiger partial charge in [0.15, 0.2) is 0 Å². The maximum absolute atomic E-state index is 12.3. The lowest BCUT2D eigenvalue weighted by Gasteiger charge is -2.08. The van der Waals surface area contributed by atoms with E-state index >= 15 is 0 Å². The van der Waals surface area contributed by atoms with E-state index in [4.69, 9.17) is 0 Å². The zero-order valence-corrected chi connectivity index (χ0v) is 13.2. The van der Waals surface area contributed by atoms with Gasteiger partial charge < -0.3 is 10.6 Å². The van der Waals surface area contributed by atoms with Crippen molar-refractivity contribution < 1.29 is 9.59 Å². The van der Waals surface area contributed by atoms with Crippen LogP contribution in [0, 0.1) is 0 Å². The lowest BCUT2D eigenvalue weighted by Crippen LogP contribution is -2.19. The normalized spacial score (nSPS) is 10.1. The summed E-state index contributed by atoms with van der Waals surface area (Å²) in [5.41, 5.74) is 2.12. The summed E-state index contributed by atoms with van der Waals surface area (Å²) in [6.45, 7) is 0. The van der Waals surface area contributed by atoms with Crippen LogP contribution in [-0.2, 0) is 11.2 Å². The molecule has 2 aromatic rings. The van der Waals surface area contributed by atoms with Gasteiger partial charge in [0, 0.05) is 18.9 Å². The lowest BCUT2D eigenvalue weighted by atomic mass is 10.1. The predicted molar refractivity (Wildman–Crippen MR) is 88.2 cm³/mol. The zero-order valence-electron chi connectivity index (χ0n) is 12.4. The van der Waals surface area contributed by atoms with Crippen LogP contribution >= 0.6 is 11.8 Å². The second-order valence-corrected chi connectivity index (χ2v) is 5.36. The van der Waals surface area contributed by atoms with Crippen LogP contribution in [0.15, 0.2) is 47.6 Å². The molecule has 0 aliphatic carbocycles. The summed E-state index contributed by atoms with van der Waals surface area (Å²) in [4.78, 5) is 27.8. The largest absolute Gasteiger partial charge is 0.359 e. The molecule has 5 nitrogen and oxygen atoms in total. The van der Waals surface area contributed by atoms with Crippen LogP contribution in [-0.4, -0.2) is 30.1 Å². The number of nitrogens with one attached hydrogen (secondary N) is 2. The van der Waals surface area contributed by atoms with Crippen LogP contribution in [0.4, 0.5) is 5.69 Å². The molecule has 2 N–H and O–H groups in total. The summed E-state index contributed by atoms with van der Waals surface area (Å²) in [6.07, 6.45) is 3.87. The van der Waals surface area contributed by atoms with Gasteiger partial charge in [-0.25, -0.2) is 4.98 Å². The molecule has 1 aromatic carbocycles. The van der Waals surface area contributed by atoms with Crippen LogP contribution in [0.25, 0.3) is 0 Å². The first-order valence-electron chi connectivity index (χ1n) is 6.74. The molecule has 0 unspecified atom stereocenters. The average molecular weight is 315 g/mol. The number of likely N-dealkylation sites (N-methyl/N-ethyl adjacent to an activating group) is 1. The van der Waals surface area contributed by atoms with Gasteiger partial charge in [-0.2, -0.15) is 0 Å². The molecule has 0 atom stereocenters. The number of hydrogen-bond donors (Lipinski definition) is 2. The molecular weight excluding hydrogens is 298 g/mol. The molecule has 22 heavy (non-hydrogen) atoms. The van der Waals surface area contributed by atoms with Gasteiger partial charge in [0.05, 0.1) is 12.0 Å². The Bertz CT molecular complexity index is 671. The maximum atomic E-state index is 12.3. The SMILES string of the molecule is CNC(=O)Cc1ccc(NC(=O)c2cccnc2SC)cc1. The number of carbonyl (C=O) groups excluding carboxylic acids is 2. The Kier molecular flexibility index (Phi) is 5.55. The Morgan fingerprint density at radius 2 is 1.91 bits per heavy atom. The van der Waals surface area contributed by atoms with E-state index in [9.17, 15) is 9.59 Å². The highest BCUT2D eigenvalue weighted by molar-refractivity contribution is 7.98. The van der Waals surface area contributed by atoms with Crippen LogP contribution in [0.1, 0.15) is 15.9 Å². The van der Waals surface area contributed by atoms with E-state index in [-0.39, 0.29) is 11.8 Å². The molecule has 2 rings (SSSR count). The number of rotatable bonds is 5. The molecule has 1 heterocycles. The second kappa shape index (κ2) is 7.61. The molecule has 0 bridgehead atoms. The summed E-state index contributed by atoms with van der Waals surface area (Å²) in [6, 6.07) is 10.7. The van der Waals surface area contributed by atoms with E-state index < -0.39 is 0 Å². The molecular formula is C16H17N3O2S. The predicted octanol–water partition coefficient (Wildman–Crippen LogP) is 2.34. The molecule has 0 spiro atoms. The molecule has 0 saturated carbocycles. The van der Waals surface area contributed by atoms with Gasteiger partial charge in [-0.15, -0.1) is 11.8 Å². The quantitative estimate of drug-likeness (QED) is 0.831. The fraction of sp³-hybridized carbons (Fsp3) is 0.188. The fourth-order valence-corrected chi connectivity index (χ4v) is 2.45. The number of aromatic nitrogens is 1. The van der Waals surface area contributed by atoms with Crippen molar-refractivity contribution in [3.05, 3.63) is 53.7 Å². The van der Waals surface area contributed by atoms with Gasteiger partial charge in [0.2, 0.25) is 5.91 Å². The summed E-state index contributed by atoms with van der Waals surface area (Å²) >= 11 is 1.43. The van der Waals surface area contributed by atoms with Crippen LogP contribution < -0.4 is 10.6 Å². The third kappa shape index (κ3) is 4.08. The number of nitrogens with zero attached hydrogens (tertiary/aromatic N) is 1. The highest BCUT2D eigenvalue weighted by Gasteiger charge is 2.11. The van der Waals surface area contributed by atoms with Gasteiger partial charge >= 0.3 is 0 Å². The number of carbonyl (C=O) groups is 2. The van der Waals surface area contributed by atoms with Crippen molar-refractivity contribution in [3.8, 4) is 0 Å². The molecule has 1 aromatic heterocycles. The minimum absolute atomic E-state index is 0.0447. The van der Waals surface area contributed by atoms with Crippen LogP contribution in [0.3, 0.4) is 0 Å². The molecule has 0 aliphatic heterocycles. The Labute approximate surface area is 133 Å². The monoisotopic (exact) mass is 315 g/mol. The van der Waals surface area contributed by atoms with Crippen molar-refractivity contribution in [2.75, 3.05) is 18.6 Å². The van der Waals surface area contributed by atoms with Gasteiger partial charge in [-0.1, -0.05) is 12.1 Å². The first-order chi connectivity index (χ1) is 10.6. The average Bonchev–Trinajstić information content (AvgIpc) is 2.56. The minimum Gasteiger partial charge on any atom is -0.359 e. The van der Waals surface area contributed by atoms with E-state index in [1.165, 1.54) is 11.8 Å². The van der Waals surface area contributed by atoms with E-state index in [0.717, 1.165) is 5.56 Å². The number of thioether (sulfide) groups is 1. The highest BCUT2D eigenvalue weighted by atomic mass is 32.2. The first-order valence-corrected chi connectivity index (χ1v) is 7.96. The van der Waals surface area contributed by atoms with Gasteiger partial charge in [0.25, 0.3) is 5.91 Å². The fourth-order valence-electron chi connectivity index (χ4n) is 1.90. The third-order valence-corrected chi connectivity index (χ3v) is 3.78. The van der Waals surface area contributed by atoms with Crippen molar-refractivity contribution >= 4 is 29.3 Å². The Hall–Kier alpha value is -2.34. The summed E-state index contributed by atoms with van der Waals surface area (Å²) < 4.78 is 0. The third-order valence-electron chi connectivity index (χ3n) is 3.06. The smallest absolute Gasteiger partial charge is 0.258 e. The summed E-state index contributed by atoms with van der Waals surface area (Å²) in [5.74, 6) is -0.242. The number of benzene rings is 1. The highest BCUT2D eigenvalue weighted by Crippen LogP contribution is 2.18. The van der Waals surface area contributed by atoms with Gasteiger partial charge in [0.1, 0.15) is 5.03 Å². The van der Waals surface area contributed by atoms with E-state index in [1.54, 1.807) is 37.5 Å². The van der Waals surface area contributed by atoms with Crippen LogP contribution in [0.2, 0.25) is 0 Å². The minimum atomic E-state index is -0.198. The van der Waals surface area contributed by atoms with E-state index in [1.807, 2.05) is 18.4 Å². The maximum Gasteiger partial charge on any atom is 0.258 e. The standard InChI is InChI=1S/C16H17N3O2S/c1-17-14(20)10-11-5-7-12(8-6-11)19-15(21)13-4-3-9-18-16(13)22-2/h3-9H,10H2,1-2H3,(H,17,20)(H,19,21). The summed E-state index contributed by atoms with van der Waals surface area (Å²) in [5, 5.41) is 6.10. The molecule has 0 aliphatic rings. The Morgan fingerprint density at radius 1 is 1.18 bits per heavy atom.